The van der Waals surface area contributed by atoms with Crippen LogP contribution in [0.25, 0.3) is 0 Å². The number of aryl methyl sites for hydroxylation is 1. The van der Waals surface area contributed by atoms with Gasteiger partial charge in [-0.3, -0.25) is 9.69 Å². The summed E-state index contributed by atoms with van der Waals surface area (Å²) in [5, 5.41) is 0. The topological polar surface area (TPSA) is 36.1 Å². The van der Waals surface area contributed by atoms with Gasteiger partial charge in [0.25, 0.3) is 5.56 Å². The lowest BCUT2D eigenvalue weighted by Crippen LogP contribution is -2.23. The van der Waals surface area contributed by atoms with Gasteiger partial charge in [0.15, 0.2) is 0 Å². The first kappa shape index (κ1) is 13.1. The first-order valence-electron chi connectivity index (χ1n) is 7.21. The van der Waals surface area contributed by atoms with Crippen LogP contribution in [0.1, 0.15) is 35.6 Å². The minimum Gasteiger partial charge on any atom is -0.329 e. The van der Waals surface area contributed by atoms with Crippen molar-refractivity contribution in [2.75, 3.05) is 6.54 Å². The minimum absolute atomic E-state index is 0.0151. The molecular formula is C17H20N2O. The number of likely N-dealkylation sites (tertiary alicyclic amines) is 1. The SMILES string of the molecule is Cc1cc([C@H]2CCCN2Cc2ccccc2)c[nH]c1=O. The second kappa shape index (κ2) is 5.63. The number of nitrogens with one attached hydrogen (secondary N) is 1. The number of aromatic amines is 1. The van der Waals surface area contributed by atoms with Crippen LogP contribution in [-0.4, -0.2) is 16.4 Å². The van der Waals surface area contributed by atoms with Crippen LogP contribution in [-0.2, 0) is 6.54 Å². The lowest BCUT2D eigenvalue weighted by Gasteiger charge is -2.25. The molecule has 0 unspecified atom stereocenters. The molecule has 1 aromatic heterocycles. The largest absolute Gasteiger partial charge is 0.329 e. The molecule has 104 valence electrons. The van der Waals surface area contributed by atoms with Gasteiger partial charge in [0.05, 0.1) is 0 Å². The summed E-state index contributed by atoms with van der Waals surface area (Å²) in [4.78, 5) is 16.8. The molecule has 1 atom stereocenters. The van der Waals surface area contributed by atoms with Gasteiger partial charge in [0.1, 0.15) is 0 Å². The first-order chi connectivity index (χ1) is 9.74. The maximum atomic E-state index is 11.5. The summed E-state index contributed by atoms with van der Waals surface area (Å²) in [7, 11) is 0. The molecule has 1 aliphatic rings. The highest BCUT2D eigenvalue weighted by Gasteiger charge is 2.26. The molecule has 20 heavy (non-hydrogen) atoms. The van der Waals surface area contributed by atoms with Crippen LogP contribution < -0.4 is 5.56 Å². The fourth-order valence-electron chi connectivity index (χ4n) is 3.02. The fourth-order valence-corrected chi connectivity index (χ4v) is 3.02. The van der Waals surface area contributed by atoms with E-state index in [1.54, 1.807) is 0 Å². The molecule has 0 bridgehead atoms. The zero-order valence-corrected chi connectivity index (χ0v) is 11.8. The quantitative estimate of drug-likeness (QED) is 0.929. The van der Waals surface area contributed by atoms with Gasteiger partial charge in [0, 0.05) is 24.3 Å². The highest BCUT2D eigenvalue weighted by atomic mass is 16.1. The maximum Gasteiger partial charge on any atom is 0.250 e. The second-order valence-electron chi connectivity index (χ2n) is 5.56. The number of H-pyrrole nitrogens is 1. The minimum atomic E-state index is 0.0151. The van der Waals surface area contributed by atoms with E-state index in [0.29, 0.717) is 6.04 Å². The first-order valence-corrected chi connectivity index (χ1v) is 7.21. The lowest BCUT2D eigenvalue weighted by atomic mass is 10.0. The Morgan fingerprint density at radius 2 is 2.10 bits per heavy atom. The predicted molar refractivity (Wildman–Crippen MR) is 80.6 cm³/mol. The van der Waals surface area contributed by atoms with Crippen molar-refractivity contribution >= 4 is 0 Å². The number of rotatable bonds is 3. The van der Waals surface area contributed by atoms with E-state index in [1.165, 1.54) is 17.5 Å². The molecule has 3 nitrogen and oxygen atoms in total. The van der Waals surface area contributed by atoms with Crippen LogP contribution >= 0.6 is 0 Å². The Labute approximate surface area is 119 Å². The standard InChI is InChI=1S/C17H20N2O/c1-13-10-15(11-18-17(13)20)16-8-5-9-19(16)12-14-6-3-2-4-7-14/h2-4,6-7,10-11,16H,5,8-9,12H2,1H3,(H,18,20)/t16-/m1/s1. The number of pyridine rings is 1. The second-order valence-corrected chi connectivity index (χ2v) is 5.56. The summed E-state index contributed by atoms with van der Waals surface area (Å²) in [6.07, 6.45) is 4.26. The van der Waals surface area contributed by atoms with Crippen molar-refractivity contribution in [3.8, 4) is 0 Å². The van der Waals surface area contributed by atoms with Crippen LogP contribution in [0.4, 0.5) is 0 Å². The van der Waals surface area contributed by atoms with Crippen LogP contribution in [0.15, 0.2) is 47.4 Å². The molecule has 2 heterocycles. The number of aromatic nitrogens is 1. The van der Waals surface area contributed by atoms with Crippen molar-refractivity contribution in [1.29, 1.82) is 0 Å². The van der Waals surface area contributed by atoms with Crippen molar-refractivity contribution in [2.45, 2.75) is 32.4 Å². The third kappa shape index (κ3) is 2.68. The molecule has 0 radical (unpaired) electrons. The Morgan fingerprint density at radius 3 is 2.85 bits per heavy atom. The van der Waals surface area contributed by atoms with Gasteiger partial charge in [-0.2, -0.15) is 0 Å². The Bertz CT molecular complexity index is 633. The molecule has 1 aliphatic heterocycles. The molecule has 3 heteroatoms. The van der Waals surface area contributed by atoms with Crippen LogP contribution in [0, 0.1) is 6.92 Å². The van der Waals surface area contributed by atoms with Crippen molar-refractivity contribution in [2.24, 2.45) is 0 Å². The van der Waals surface area contributed by atoms with Crippen molar-refractivity contribution in [3.63, 3.8) is 0 Å². The van der Waals surface area contributed by atoms with Crippen molar-refractivity contribution in [3.05, 3.63) is 69.6 Å². The molecule has 1 aromatic carbocycles. The van der Waals surface area contributed by atoms with E-state index in [0.717, 1.165) is 25.1 Å². The fraction of sp³-hybridized carbons (Fsp3) is 0.353. The van der Waals surface area contributed by atoms with E-state index in [2.05, 4.69) is 40.2 Å². The summed E-state index contributed by atoms with van der Waals surface area (Å²) >= 11 is 0. The van der Waals surface area contributed by atoms with Gasteiger partial charge < -0.3 is 4.98 Å². The average molecular weight is 268 g/mol. The Hall–Kier alpha value is -1.87. The molecule has 1 N–H and O–H groups in total. The van der Waals surface area contributed by atoms with Gasteiger partial charge in [-0.25, -0.2) is 0 Å². The zero-order valence-electron chi connectivity index (χ0n) is 11.8. The molecule has 1 fully saturated rings. The van der Waals surface area contributed by atoms with Crippen LogP contribution in [0.2, 0.25) is 0 Å². The Morgan fingerprint density at radius 1 is 1.30 bits per heavy atom. The van der Waals surface area contributed by atoms with Crippen molar-refractivity contribution in [1.82, 2.24) is 9.88 Å². The normalized spacial score (nSPS) is 19.4. The third-order valence-corrected chi connectivity index (χ3v) is 4.09. The smallest absolute Gasteiger partial charge is 0.250 e. The third-order valence-electron chi connectivity index (χ3n) is 4.09. The number of nitrogens with zero attached hydrogens (tertiary/aromatic N) is 1. The van der Waals surface area contributed by atoms with Gasteiger partial charge in [-0.1, -0.05) is 30.3 Å². The predicted octanol–water partition coefficient (Wildman–Crippen LogP) is 3.02. The molecule has 1 saturated heterocycles. The summed E-state index contributed by atoms with van der Waals surface area (Å²) < 4.78 is 0. The van der Waals surface area contributed by atoms with Crippen LogP contribution in [0.3, 0.4) is 0 Å². The molecular weight excluding hydrogens is 248 g/mol. The van der Waals surface area contributed by atoms with E-state index in [1.807, 2.05) is 19.2 Å². The van der Waals surface area contributed by atoms with Gasteiger partial charge in [0.2, 0.25) is 0 Å². The van der Waals surface area contributed by atoms with E-state index in [9.17, 15) is 4.79 Å². The van der Waals surface area contributed by atoms with E-state index < -0.39 is 0 Å². The Kier molecular flexibility index (Phi) is 3.70. The average Bonchev–Trinajstić information content (AvgIpc) is 2.91. The van der Waals surface area contributed by atoms with E-state index in [4.69, 9.17) is 0 Å². The number of hydrogen-bond donors (Lipinski definition) is 1. The highest BCUT2D eigenvalue weighted by molar-refractivity contribution is 5.22. The molecule has 2 aromatic rings. The monoisotopic (exact) mass is 268 g/mol. The van der Waals surface area contributed by atoms with Crippen LogP contribution in [0.5, 0.6) is 0 Å². The Balaban J connectivity index is 1.81. The summed E-state index contributed by atoms with van der Waals surface area (Å²) in [6, 6.07) is 13.0. The molecule has 3 rings (SSSR count). The summed E-state index contributed by atoms with van der Waals surface area (Å²) in [5.74, 6) is 0. The summed E-state index contributed by atoms with van der Waals surface area (Å²) in [5.41, 5.74) is 3.39. The molecule has 0 saturated carbocycles. The number of hydrogen-bond acceptors (Lipinski definition) is 2. The summed E-state index contributed by atoms with van der Waals surface area (Å²) in [6.45, 7) is 3.97. The van der Waals surface area contributed by atoms with E-state index in [-0.39, 0.29) is 5.56 Å². The van der Waals surface area contributed by atoms with Gasteiger partial charge >= 0.3 is 0 Å². The number of benzene rings is 1. The highest BCUT2D eigenvalue weighted by Crippen LogP contribution is 2.32. The zero-order chi connectivity index (χ0) is 13.9. The van der Waals surface area contributed by atoms with Crippen molar-refractivity contribution < 1.29 is 0 Å². The molecule has 0 aliphatic carbocycles. The van der Waals surface area contributed by atoms with Gasteiger partial charge in [-0.05, 0) is 43.5 Å². The lowest BCUT2D eigenvalue weighted by molar-refractivity contribution is 0.248. The molecule has 0 amide bonds. The maximum absolute atomic E-state index is 11.5. The van der Waals surface area contributed by atoms with E-state index >= 15 is 0 Å². The molecule has 0 spiro atoms. The van der Waals surface area contributed by atoms with Gasteiger partial charge in [-0.15, -0.1) is 0 Å².